The van der Waals surface area contributed by atoms with Crippen molar-refractivity contribution in [2.45, 2.75) is 96.6 Å². The zero-order chi connectivity index (χ0) is 34.7. The molecule has 1 unspecified atom stereocenters. The Labute approximate surface area is 281 Å². The van der Waals surface area contributed by atoms with Gasteiger partial charge in [0.05, 0.1) is 18.3 Å². The van der Waals surface area contributed by atoms with E-state index in [1.807, 2.05) is 45.6 Å². The van der Waals surface area contributed by atoms with E-state index in [1.165, 1.54) is 24.7 Å². The largest absolute Gasteiger partial charge is 0.392 e. The molecule has 2 aromatic rings. The van der Waals surface area contributed by atoms with Gasteiger partial charge in [-0.05, 0) is 49.3 Å². The topological polar surface area (TPSA) is 171 Å². The van der Waals surface area contributed by atoms with E-state index in [2.05, 4.69) is 25.5 Å². The summed E-state index contributed by atoms with van der Waals surface area (Å²) in [4.78, 5) is 58.3. The highest BCUT2D eigenvalue weighted by atomic mass is 19.1. The molecule has 13 heteroatoms. The number of carbonyl (C=O) groups is 4. The third-order valence-electron chi connectivity index (χ3n) is 9.06. The predicted molar refractivity (Wildman–Crippen MR) is 181 cm³/mol. The van der Waals surface area contributed by atoms with Crippen LogP contribution in [-0.4, -0.2) is 93.8 Å². The SMILES string of the molecule is C=O.CC(C)(C)[C@@H](CN1C[C@H](O)CC1C(N)=O)NC(=O)[C@@H](NC(=O)c1cnccn1)C1CCCCC1.CN1Cc2cccc(F)c2C1.[HH].[HH].[HH]. The van der Waals surface area contributed by atoms with Crippen LogP contribution in [0.3, 0.4) is 0 Å². The van der Waals surface area contributed by atoms with Crippen LogP contribution in [0.25, 0.3) is 0 Å². The average Bonchev–Trinajstić information content (AvgIpc) is 3.63. The van der Waals surface area contributed by atoms with Crippen LogP contribution in [0, 0.1) is 17.2 Å². The van der Waals surface area contributed by atoms with Crippen molar-refractivity contribution in [3.63, 3.8) is 0 Å². The Balaban J connectivity index is 0.00000126. The van der Waals surface area contributed by atoms with E-state index < -0.39 is 30.0 Å². The van der Waals surface area contributed by atoms with Crippen LogP contribution in [0.4, 0.5) is 4.39 Å². The molecule has 1 aromatic carbocycles. The van der Waals surface area contributed by atoms with Gasteiger partial charge in [0, 0.05) is 54.5 Å². The molecule has 1 saturated heterocycles. The molecule has 3 amide bonds. The van der Waals surface area contributed by atoms with E-state index in [0.29, 0.717) is 19.5 Å². The number of rotatable bonds is 8. The normalized spacial score (nSPS) is 21.2. The number of aliphatic hydroxyl groups excluding tert-OH is 1. The second kappa shape index (κ2) is 17.4. The summed E-state index contributed by atoms with van der Waals surface area (Å²) in [7, 11) is 2.00. The quantitative estimate of drug-likeness (QED) is 0.332. The number of amides is 3. The number of likely N-dealkylation sites (tertiary alicyclic amines) is 1. The second-order valence-corrected chi connectivity index (χ2v) is 13.7. The first-order valence-electron chi connectivity index (χ1n) is 16.2. The van der Waals surface area contributed by atoms with Gasteiger partial charge in [-0.25, -0.2) is 9.37 Å². The van der Waals surface area contributed by atoms with Gasteiger partial charge in [0.25, 0.3) is 5.91 Å². The zero-order valence-corrected chi connectivity index (χ0v) is 28.0. The number of fused-ring (bicyclic) bond motifs is 1. The minimum absolute atomic E-state index is 0. The molecule has 0 spiro atoms. The molecule has 264 valence electrons. The summed E-state index contributed by atoms with van der Waals surface area (Å²) in [5, 5.41) is 16.1. The molecule has 1 saturated carbocycles. The number of aromatic nitrogens is 2. The number of nitrogens with two attached hydrogens (primary N) is 1. The summed E-state index contributed by atoms with van der Waals surface area (Å²) < 4.78 is 13.0. The molecular weight excluding hydrogens is 605 g/mol. The molecule has 3 heterocycles. The number of hydrogen-bond donors (Lipinski definition) is 4. The zero-order valence-electron chi connectivity index (χ0n) is 28.0. The molecular formula is C34H56FN7O5. The van der Waals surface area contributed by atoms with Gasteiger partial charge in [0.1, 0.15) is 24.3 Å². The summed E-state index contributed by atoms with van der Waals surface area (Å²) in [5.74, 6) is -1.19. The van der Waals surface area contributed by atoms with E-state index in [4.69, 9.17) is 10.5 Å². The highest BCUT2D eigenvalue weighted by Crippen LogP contribution is 2.29. The average molecular weight is 662 g/mol. The molecule has 5 N–H and O–H groups in total. The fourth-order valence-electron chi connectivity index (χ4n) is 6.45. The monoisotopic (exact) mass is 661 g/mol. The molecule has 2 aliphatic heterocycles. The summed E-state index contributed by atoms with van der Waals surface area (Å²) in [6, 6.07) is 3.69. The lowest BCUT2D eigenvalue weighted by molar-refractivity contribution is -0.126. The molecule has 2 fully saturated rings. The highest BCUT2D eigenvalue weighted by Gasteiger charge is 2.40. The van der Waals surface area contributed by atoms with Crippen LogP contribution < -0.4 is 16.4 Å². The van der Waals surface area contributed by atoms with E-state index in [0.717, 1.165) is 56.3 Å². The maximum atomic E-state index is 13.6. The Bertz CT molecular complexity index is 1350. The maximum Gasteiger partial charge on any atom is 0.272 e. The number of halogens is 1. The lowest BCUT2D eigenvalue weighted by Gasteiger charge is -2.38. The van der Waals surface area contributed by atoms with Crippen molar-refractivity contribution in [1.29, 1.82) is 0 Å². The van der Waals surface area contributed by atoms with Crippen LogP contribution in [0.5, 0.6) is 0 Å². The number of aliphatic hydroxyl groups is 1. The van der Waals surface area contributed by atoms with E-state index in [-0.39, 0.29) is 39.1 Å². The first-order valence-corrected chi connectivity index (χ1v) is 16.2. The number of primary amides is 1. The molecule has 0 bridgehead atoms. The number of β-amino-alcohol motifs (C(OH)–C–C–N with tert-alkyl or cyclic N) is 1. The Morgan fingerprint density at radius 2 is 1.83 bits per heavy atom. The van der Waals surface area contributed by atoms with E-state index in [9.17, 15) is 23.9 Å². The van der Waals surface area contributed by atoms with Crippen LogP contribution in [-0.2, 0) is 27.5 Å². The number of carbonyl (C=O) groups excluding carboxylic acids is 4. The van der Waals surface area contributed by atoms with Gasteiger partial charge < -0.3 is 26.3 Å². The number of nitrogens with zero attached hydrogens (tertiary/aromatic N) is 4. The molecule has 47 heavy (non-hydrogen) atoms. The van der Waals surface area contributed by atoms with Crippen molar-refractivity contribution in [2.75, 3.05) is 20.1 Å². The Morgan fingerprint density at radius 3 is 2.43 bits per heavy atom. The van der Waals surface area contributed by atoms with Crippen molar-refractivity contribution in [2.24, 2.45) is 17.1 Å². The van der Waals surface area contributed by atoms with Crippen LogP contribution in [0.15, 0.2) is 36.8 Å². The summed E-state index contributed by atoms with van der Waals surface area (Å²) in [6.07, 6.45) is 8.86. The van der Waals surface area contributed by atoms with Gasteiger partial charge >= 0.3 is 0 Å². The first-order chi connectivity index (χ1) is 22.3. The second-order valence-electron chi connectivity index (χ2n) is 13.7. The Morgan fingerprint density at radius 1 is 1.13 bits per heavy atom. The smallest absolute Gasteiger partial charge is 0.272 e. The fourth-order valence-corrected chi connectivity index (χ4v) is 6.45. The number of nitrogens with one attached hydrogen (secondary N) is 2. The predicted octanol–water partition coefficient (Wildman–Crippen LogP) is 2.93. The minimum atomic E-state index is -0.698. The lowest BCUT2D eigenvalue weighted by Crippen LogP contribution is -2.59. The van der Waals surface area contributed by atoms with Crippen molar-refractivity contribution in [3.05, 3.63) is 59.4 Å². The van der Waals surface area contributed by atoms with Gasteiger partial charge in [-0.2, -0.15) is 0 Å². The summed E-state index contributed by atoms with van der Waals surface area (Å²) in [6.45, 7) is 10.4. The highest BCUT2D eigenvalue weighted by molar-refractivity contribution is 5.96. The summed E-state index contributed by atoms with van der Waals surface area (Å²) in [5.41, 5.74) is 7.39. The lowest BCUT2D eigenvalue weighted by atomic mass is 9.82. The van der Waals surface area contributed by atoms with Gasteiger partial charge in [-0.15, -0.1) is 0 Å². The van der Waals surface area contributed by atoms with E-state index in [1.54, 1.807) is 6.07 Å². The van der Waals surface area contributed by atoms with E-state index >= 15 is 0 Å². The van der Waals surface area contributed by atoms with Crippen molar-refractivity contribution < 1.29 is 33.0 Å². The van der Waals surface area contributed by atoms with Gasteiger partial charge in [0.2, 0.25) is 11.8 Å². The minimum Gasteiger partial charge on any atom is -0.392 e. The third-order valence-corrected chi connectivity index (χ3v) is 9.06. The molecule has 4 atom stereocenters. The molecule has 12 nitrogen and oxygen atoms in total. The van der Waals surface area contributed by atoms with Gasteiger partial charge in [-0.1, -0.05) is 52.2 Å². The number of hydrogen-bond acceptors (Lipinski definition) is 9. The van der Waals surface area contributed by atoms with Crippen LogP contribution >= 0.6 is 0 Å². The van der Waals surface area contributed by atoms with Gasteiger partial charge in [0.15, 0.2) is 0 Å². The van der Waals surface area contributed by atoms with Crippen molar-refractivity contribution in [1.82, 2.24) is 30.4 Å². The molecule has 3 aliphatic rings. The molecule has 5 rings (SSSR count). The standard InChI is InChI=1S/C24H38N6O4.C9H10FN.CH2O.3H2/c1-24(2,3)19(14-30-13-16(31)11-18(30)21(25)32)28-23(34)20(15-7-5-4-6-8-15)29-22(33)17-12-26-9-10-27-17;1-11-5-7-3-2-4-9(10)8(7)6-11;1-2;;;/h9-10,12,15-16,18-20,31H,4-8,11,13-14H2,1-3H3,(H2,25,32)(H,28,34)(H,29,33);2-4H,5-6H2,1H3;1H2;3*1H/t16-,18?,19-,20+;;;;;/m1...../s1. The Hall–Kier alpha value is -3.81. The maximum absolute atomic E-state index is 13.6. The van der Waals surface area contributed by atoms with Crippen molar-refractivity contribution >= 4 is 24.5 Å². The van der Waals surface area contributed by atoms with Crippen molar-refractivity contribution in [3.8, 4) is 0 Å². The molecule has 1 aromatic heterocycles. The van der Waals surface area contributed by atoms with Crippen LogP contribution in [0.2, 0.25) is 0 Å². The molecule has 0 radical (unpaired) electrons. The fraction of sp³-hybridized carbons (Fsp3) is 0.588. The molecule has 1 aliphatic carbocycles. The van der Waals surface area contributed by atoms with Crippen LogP contribution in [0.1, 0.15) is 85.2 Å². The Kier molecular flexibility index (Phi) is 13.9. The third kappa shape index (κ3) is 10.6. The number of benzene rings is 1. The van der Waals surface area contributed by atoms with Gasteiger partial charge in [-0.3, -0.25) is 29.2 Å². The first kappa shape index (κ1) is 37.6. The summed E-state index contributed by atoms with van der Waals surface area (Å²) >= 11 is 0.